The second-order valence-electron chi connectivity index (χ2n) is 5.23. The third-order valence-corrected chi connectivity index (χ3v) is 3.80. The van der Waals surface area contributed by atoms with E-state index >= 15 is 0 Å². The van der Waals surface area contributed by atoms with Crippen molar-refractivity contribution >= 4 is 12.0 Å². The van der Waals surface area contributed by atoms with Crippen LogP contribution in [0.5, 0.6) is 0 Å². The Morgan fingerprint density at radius 3 is 2.14 bits per heavy atom. The van der Waals surface area contributed by atoms with Crippen LogP contribution in [0.4, 0.5) is 0 Å². The molecule has 0 saturated carbocycles. The van der Waals surface area contributed by atoms with Gasteiger partial charge in [0.15, 0.2) is 0 Å². The molecule has 0 radical (unpaired) electrons. The Morgan fingerprint density at radius 1 is 1.09 bits per heavy atom. The Kier molecular flexibility index (Phi) is 5.12. The van der Waals surface area contributed by atoms with E-state index in [1.807, 2.05) is 36.4 Å². The van der Waals surface area contributed by atoms with Gasteiger partial charge in [0.2, 0.25) is 0 Å². The third kappa shape index (κ3) is 3.43. The number of carbonyl (C=O) groups is 1. The lowest BCUT2D eigenvalue weighted by Crippen LogP contribution is -2.38. The molecule has 0 aromatic heterocycles. The summed E-state index contributed by atoms with van der Waals surface area (Å²) in [6, 6.07) is 18.5. The molecule has 0 aliphatic rings. The van der Waals surface area contributed by atoms with Gasteiger partial charge in [0.05, 0.1) is 5.92 Å². The summed E-state index contributed by atoms with van der Waals surface area (Å²) in [6.07, 6.45) is 3.68. The lowest BCUT2D eigenvalue weighted by Gasteiger charge is -2.31. The second kappa shape index (κ2) is 7.05. The highest BCUT2D eigenvalue weighted by atomic mass is 16.4. The first-order valence-corrected chi connectivity index (χ1v) is 7.33. The molecule has 0 aliphatic carbocycles. The average molecular weight is 296 g/mol. The van der Waals surface area contributed by atoms with E-state index in [1.54, 1.807) is 43.3 Å². The molecular weight excluding hydrogens is 276 g/mol. The fourth-order valence-corrected chi connectivity index (χ4v) is 2.58. The Hall–Kier alpha value is -2.39. The van der Waals surface area contributed by atoms with Crippen molar-refractivity contribution < 1.29 is 15.0 Å². The van der Waals surface area contributed by atoms with E-state index in [2.05, 4.69) is 0 Å². The number of rotatable bonds is 6. The zero-order valence-electron chi connectivity index (χ0n) is 12.5. The lowest BCUT2D eigenvalue weighted by atomic mass is 9.79. The van der Waals surface area contributed by atoms with Crippen molar-refractivity contribution in [2.75, 3.05) is 0 Å². The maximum absolute atomic E-state index is 11.6. The Bertz CT molecular complexity index is 634. The van der Waals surface area contributed by atoms with Gasteiger partial charge in [-0.2, -0.15) is 0 Å². The van der Waals surface area contributed by atoms with Crippen LogP contribution >= 0.6 is 0 Å². The number of carboxylic acids is 1. The van der Waals surface area contributed by atoms with Gasteiger partial charge in [-0.05, 0) is 23.6 Å². The van der Waals surface area contributed by atoms with E-state index in [9.17, 15) is 15.0 Å². The number of hydrogen-bond donors (Lipinski definition) is 2. The summed E-state index contributed by atoms with van der Waals surface area (Å²) in [5.74, 6) is -1.92. The summed E-state index contributed by atoms with van der Waals surface area (Å²) in [7, 11) is 0. The maximum atomic E-state index is 11.6. The zero-order valence-corrected chi connectivity index (χ0v) is 12.5. The molecule has 3 nitrogen and oxygen atoms in total. The summed E-state index contributed by atoms with van der Waals surface area (Å²) in [5.41, 5.74) is -0.0500. The van der Waals surface area contributed by atoms with Crippen molar-refractivity contribution in [1.82, 2.24) is 0 Å². The minimum atomic E-state index is -1.54. The van der Waals surface area contributed by atoms with E-state index < -0.39 is 17.5 Å². The number of benzene rings is 2. The summed E-state index contributed by atoms with van der Waals surface area (Å²) in [6.45, 7) is 1.77. The molecule has 0 heterocycles. The number of carboxylic acid groups (broad SMARTS) is 1. The number of aliphatic hydroxyl groups is 1. The van der Waals surface area contributed by atoms with E-state index in [0.29, 0.717) is 12.0 Å². The van der Waals surface area contributed by atoms with Crippen LogP contribution in [0.15, 0.2) is 66.7 Å². The van der Waals surface area contributed by atoms with Gasteiger partial charge in [0, 0.05) is 0 Å². The summed E-state index contributed by atoms with van der Waals surface area (Å²) in [4.78, 5) is 11.6. The topological polar surface area (TPSA) is 57.5 Å². The normalized spacial score (nSPS) is 15.4. The molecule has 2 N–H and O–H groups in total. The van der Waals surface area contributed by atoms with Crippen LogP contribution in [0.1, 0.15) is 24.5 Å². The highest BCUT2D eigenvalue weighted by Crippen LogP contribution is 2.34. The smallest absolute Gasteiger partial charge is 0.310 e. The molecule has 114 valence electrons. The molecule has 0 spiro atoms. The zero-order chi connectivity index (χ0) is 16.0. The quantitative estimate of drug-likeness (QED) is 0.854. The van der Waals surface area contributed by atoms with E-state index in [4.69, 9.17) is 0 Å². The van der Waals surface area contributed by atoms with Crippen molar-refractivity contribution in [3.05, 3.63) is 77.9 Å². The van der Waals surface area contributed by atoms with Crippen LogP contribution in [-0.4, -0.2) is 16.2 Å². The molecule has 0 aliphatic heterocycles. The van der Waals surface area contributed by atoms with Crippen LogP contribution in [0, 0.1) is 5.92 Å². The summed E-state index contributed by atoms with van der Waals surface area (Å²) in [5, 5.41) is 20.6. The van der Waals surface area contributed by atoms with Crippen LogP contribution in [-0.2, 0) is 10.4 Å². The molecule has 0 saturated heterocycles. The van der Waals surface area contributed by atoms with Gasteiger partial charge in [0.25, 0.3) is 0 Å². The minimum absolute atomic E-state index is 0.333. The van der Waals surface area contributed by atoms with Gasteiger partial charge in [-0.25, -0.2) is 0 Å². The summed E-state index contributed by atoms with van der Waals surface area (Å²) < 4.78 is 0. The Morgan fingerprint density at radius 2 is 1.64 bits per heavy atom. The van der Waals surface area contributed by atoms with Crippen molar-refractivity contribution in [2.24, 2.45) is 5.92 Å². The first-order valence-electron chi connectivity index (χ1n) is 7.33. The number of aliphatic carboxylic acids is 1. The van der Waals surface area contributed by atoms with Gasteiger partial charge >= 0.3 is 5.97 Å². The Labute approximate surface area is 130 Å². The average Bonchev–Trinajstić information content (AvgIpc) is 2.55. The van der Waals surface area contributed by atoms with Crippen LogP contribution in [0.3, 0.4) is 0 Å². The highest BCUT2D eigenvalue weighted by molar-refractivity contribution is 5.73. The van der Waals surface area contributed by atoms with E-state index in [-0.39, 0.29) is 0 Å². The molecule has 2 atom stereocenters. The minimum Gasteiger partial charge on any atom is -0.481 e. The third-order valence-electron chi connectivity index (χ3n) is 3.80. The maximum Gasteiger partial charge on any atom is 0.310 e. The molecule has 3 heteroatoms. The van der Waals surface area contributed by atoms with Gasteiger partial charge in [-0.3, -0.25) is 4.79 Å². The van der Waals surface area contributed by atoms with Gasteiger partial charge in [-0.15, -0.1) is 0 Å². The van der Waals surface area contributed by atoms with Crippen LogP contribution in [0.25, 0.3) is 6.08 Å². The number of hydrogen-bond acceptors (Lipinski definition) is 2. The first-order chi connectivity index (χ1) is 10.6. The molecule has 0 bridgehead atoms. The van der Waals surface area contributed by atoms with Crippen molar-refractivity contribution in [3.8, 4) is 0 Å². The van der Waals surface area contributed by atoms with Crippen LogP contribution in [0.2, 0.25) is 0 Å². The van der Waals surface area contributed by atoms with Gasteiger partial charge < -0.3 is 10.2 Å². The van der Waals surface area contributed by atoms with Crippen molar-refractivity contribution in [3.63, 3.8) is 0 Å². The molecule has 22 heavy (non-hydrogen) atoms. The molecule has 0 amide bonds. The van der Waals surface area contributed by atoms with Gasteiger partial charge in [0.1, 0.15) is 5.60 Å². The fourth-order valence-electron chi connectivity index (χ4n) is 2.58. The Balaban J connectivity index is 2.46. The molecule has 2 unspecified atom stereocenters. The van der Waals surface area contributed by atoms with E-state index in [1.165, 1.54) is 0 Å². The predicted molar refractivity (Wildman–Crippen MR) is 87.2 cm³/mol. The van der Waals surface area contributed by atoms with Crippen LogP contribution < -0.4 is 0 Å². The highest BCUT2D eigenvalue weighted by Gasteiger charge is 2.39. The largest absolute Gasteiger partial charge is 0.481 e. The second-order valence-corrected chi connectivity index (χ2v) is 5.23. The monoisotopic (exact) mass is 296 g/mol. The van der Waals surface area contributed by atoms with Crippen molar-refractivity contribution in [1.29, 1.82) is 0 Å². The summed E-state index contributed by atoms with van der Waals surface area (Å²) >= 11 is 0. The predicted octanol–water partition coefficient (Wildman–Crippen LogP) is 3.70. The molecule has 2 rings (SSSR count). The molecular formula is C19H20O3. The lowest BCUT2D eigenvalue weighted by molar-refractivity contribution is -0.149. The fraction of sp³-hybridized carbons (Fsp3) is 0.211. The molecule has 0 fully saturated rings. The van der Waals surface area contributed by atoms with Crippen molar-refractivity contribution in [2.45, 2.75) is 18.9 Å². The van der Waals surface area contributed by atoms with E-state index in [0.717, 1.165) is 5.56 Å². The van der Waals surface area contributed by atoms with Gasteiger partial charge in [-0.1, -0.05) is 73.7 Å². The SMILES string of the molecule is CCC(C(=O)O)C(O)(C=Cc1ccccc1)c1ccccc1. The molecule has 2 aromatic rings. The molecule has 2 aromatic carbocycles. The standard InChI is InChI=1S/C19H20O3/c1-2-17(18(20)21)19(22,16-11-7-4-8-12-16)14-13-15-9-5-3-6-10-15/h3-14,17,22H,2H2,1H3,(H,20,21). The first kappa shape index (κ1) is 16.0.